The molecule has 164 valence electrons. The third kappa shape index (κ3) is 19.1. The van der Waals surface area contributed by atoms with Gasteiger partial charge in [0.25, 0.3) is 0 Å². The van der Waals surface area contributed by atoms with Crippen LogP contribution in [0.3, 0.4) is 0 Å². The first kappa shape index (κ1) is 27.0. The van der Waals surface area contributed by atoms with E-state index < -0.39 is 0 Å². The quantitative estimate of drug-likeness (QED) is 0.164. The molecule has 0 heterocycles. The summed E-state index contributed by atoms with van der Waals surface area (Å²) in [5.74, 6) is 2.03. The van der Waals surface area contributed by atoms with Crippen molar-refractivity contribution in [2.75, 3.05) is 0 Å². The van der Waals surface area contributed by atoms with Crippen molar-refractivity contribution in [2.45, 2.75) is 163 Å². The maximum Gasteiger partial charge on any atom is -0.0412 e. The van der Waals surface area contributed by atoms with E-state index in [0.717, 1.165) is 11.8 Å². The highest BCUT2D eigenvalue weighted by Crippen LogP contribution is 2.29. The smallest absolute Gasteiger partial charge is 0.0412 e. The van der Waals surface area contributed by atoms with Crippen LogP contribution in [-0.4, -0.2) is 0 Å². The molecule has 0 saturated heterocycles. The highest BCUT2D eigenvalue weighted by atomic mass is 14.2. The lowest BCUT2D eigenvalue weighted by molar-refractivity contribution is 0.293. The summed E-state index contributed by atoms with van der Waals surface area (Å²) in [6.45, 7) is 9.42. The first-order chi connectivity index (χ1) is 13.3. The minimum Gasteiger partial charge on any atom is -0.0654 e. The van der Waals surface area contributed by atoms with E-state index >= 15 is 0 Å². The van der Waals surface area contributed by atoms with Crippen LogP contribution in [0.2, 0.25) is 0 Å². The lowest BCUT2D eigenvalue weighted by atomic mass is 9.83. The van der Waals surface area contributed by atoms with E-state index in [4.69, 9.17) is 0 Å². The zero-order valence-corrected chi connectivity index (χ0v) is 20.0. The zero-order valence-electron chi connectivity index (χ0n) is 20.0. The van der Waals surface area contributed by atoms with Gasteiger partial charge in [0.1, 0.15) is 0 Å². The van der Waals surface area contributed by atoms with E-state index in [1.54, 1.807) is 0 Å². The van der Waals surface area contributed by atoms with E-state index in [1.807, 2.05) is 0 Å². The third-order valence-electron chi connectivity index (χ3n) is 6.64. The van der Waals surface area contributed by atoms with Crippen LogP contribution in [0.4, 0.5) is 0 Å². The Morgan fingerprint density at radius 3 is 1.07 bits per heavy atom. The molecule has 0 spiro atoms. The molecule has 0 radical (unpaired) electrons. The minimum atomic E-state index is 1.01. The summed E-state index contributed by atoms with van der Waals surface area (Å²) in [5, 5.41) is 0. The fourth-order valence-corrected chi connectivity index (χ4v) is 4.63. The van der Waals surface area contributed by atoms with Gasteiger partial charge < -0.3 is 0 Å². The summed E-state index contributed by atoms with van der Waals surface area (Å²) in [4.78, 5) is 0. The summed E-state index contributed by atoms with van der Waals surface area (Å²) >= 11 is 0. The molecule has 0 fully saturated rings. The summed E-state index contributed by atoms with van der Waals surface area (Å²) in [6.07, 6.45) is 30.7. The SMILES string of the molecule is CCCCCCCCC(CC)CC(CCCCCCC)CCCCCCC. The van der Waals surface area contributed by atoms with E-state index in [0.29, 0.717) is 0 Å². The average Bonchev–Trinajstić information content (AvgIpc) is 2.68. The normalized spacial score (nSPS) is 12.8. The van der Waals surface area contributed by atoms with Crippen LogP contribution in [0.15, 0.2) is 0 Å². The van der Waals surface area contributed by atoms with Gasteiger partial charge in [-0.05, 0) is 18.3 Å². The predicted molar refractivity (Wildman–Crippen MR) is 127 cm³/mol. The van der Waals surface area contributed by atoms with Crippen molar-refractivity contribution in [1.29, 1.82) is 0 Å². The van der Waals surface area contributed by atoms with Crippen LogP contribution in [0, 0.1) is 11.8 Å². The highest BCUT2D eigenvalue weighted by Gasteiger charge is 2.15. The van der Waals surface area contributed by atoms with Crippen LogP contribution in [-0.2, 0) is 0 Å². The Kier molecular flexibility index (Phi) is 22.3. The Hall–Kier alpha value is 0. The number of hydrogen-bond acceptors (Lipinski definition) is 0. The second kappa shape index (κ2) is 22.3. The lowest BCUT2D eigenvalue weighted by Crippen LogP contribution is -2.09. The standard InChI is InChI=1S/C27H56/c1-5-9-12-15-18-19-22-26(8-4)25-27(23-20-16-13-10-6-2)24-21-17-14-11-7-3/h26-27H,5-25H2,1-4H3. The van der Waals surface area contributed by atoms with Crippen molar-refractivity contribution in [3.05, 3.63) is 0 Å². The molecule has 0 saturated carbocycles. The van der Waals surface area contributed by atoms with E-state index in [9.17, 15) is 0 Å². The van der Waals surface area contributed by atoms with Crippen molar-refractivity contribution in [1.82, 2.24) is 0 Å². The molecule has 0 aliphatic rings. The number of hydrogen-bond donors (Lipinski definition) is 0. The maximum atomic E-state index is 2.45. The van der Waals surface area contributed by atoms with Gasteiger partial charge in [-0.1, -0.05) is 156 Å². The van der Waals surface area contributed by atoms with E-state index in [2.05, 4.69) is 27.7 Å². The molecule has 0 nitrogen and oxygen atoms in total. The van der Waals surface area contributed by atoms with Crippen LogP contribution >= 0.6 is 0 Å². The molecule has 0 aliphatic carbocycles. The Morgan fingerprint density at radius 2 is 0.704 bits per heavy atom. The van der Waals surface area contributed by atoms with Gasteiger partial charge in [0.15, 0.2) is 0 Å². The molecular formula is C27H56. The molecule has 0 N–H and O–H groups in total. The van der Waals surface area contributed by atoms with E-state index in [-0.39, 0.29) is 0 Å². The zero-order chi connectivity index (χ0) is 20.0. The van der Waals surface area contributed by atoms with Crippen molar-refractivity contribution in [2.24, 2.45) is 11.8 Å². The monoisotopic (exact) mass is 380 g/mol. The second-order valence-electron chi connectivity index (χ2n) is 9.34. The highest BCUT2D eigenvalue weighted by molar-refractivity contribution is 4.68. The number of rotatable bonds is 22. The summed E-state index contributed by atoms with van der Waals surface area (Å²) in [6, 6.07) is 0. The summed E-state index contributed by atoms with van der Waals surface area (Å²) in [5.41, 5.74) is 0. The minimum absolute atomic E-state index is 1.01. The topological polar surface area (TPSA) is 0 Å². The van der Waals surface area contributed by atoms with Crippen molar-refractivity contribution in [3.8, 4) is 0 Å². The van der Waals surface area contributed by atoms with Crippen molar-refractivity contribution < 1.29 is 0 Å². The first-order valence-corrected chi connectivity index (χ1v) is 13.3. The van der Waals surface area contributed by atoms with Crippen molar-refractivity contribution >= 4 is 0 Å². The fourth-order valence-electron chi connectivity index (χ4n) is 4.63. The van der Waals surface area contributed by atoms with Crippen LogP contribution in [0.25, 0.3) is 0 Å². The lowest BCUT2D eigenvalue weighted by Gasteiger charge is -2.23. The van der Waals surface area contributed by atoms with Gasteiger partial charge in [-0.15, -0.1) is 0 Å². The first-order valence-electron chi connectivity index (χ1n) is 13.3. The van der Waals surface area contributed by atoms with Crippen LogP contribution in [0.5, 0.6) is 0 Å². The Bertz CT molecular complexity index is 243. The molecule has 0 heteroatoms. The average molecular weight is 381 g/mol. The van der Waals surface area contributed by atoms with Gasteiger partial charge >= 0.3 is 0 Å². The molecule has 27 heavy (non-hydrogen) atoms. The van der Waals surface area contributed by atoms with Crippen LogP contribution in [0.1, 0.15) is 163 Å². The molecule has 0 aliphatic heterocycles. The van der Waals surface area contributed by atoms with Crippen LogP contribution < -0.4 is 0 Å². The van der Waals surface area contributed by atoms with Gasteiger partial charge in [0, 0.05) is 0 Å². The molecule has 0 rings (SSSR count). The van der Waals surface area contributed by atoms with Gasteiger partial charge in [-0.2, -0.15) is 0 Å². The van der Waals surface area contributed by atoms with Gasteiger partial charge in [0.05, 0.1) is 0 Å². The Labute approximate surface area is 174 Å². The third-order valence-corrected chi connectivity index (χ3v) is 6.64. The molecular weight excluding hydrogens is 324 g/mol. The molecule has 0 aromatic heterocycles. The molecule has 0 aromatic rings. The molecule has 0 aromatic carbocycles. The van der Waals surface area contributed by atoms with Gasteiger partial charge in [-0.25, -0.2) is 0 Å². The number of unbranched alkanes of at least 4 members (excludes halogenated alkanes) is 13. The van der Waals surface area contributed by atoms with Crippen molar-refractivity contribution in [3.63, 3.8) is 0 Å². The largest absolute Gasteiger partial charge is 0.0654 e. The molecule has 1 unspecified atom stereocenters. The molecule has 0 bridgehead atoms. The summed E-state index contributed by atoms with van der Waals surface area (Å²) < 4.78 is 0. The maximum absolute atomic E-state index is 2.45. The predicted octanol–water partition coefficient (Wildman–Crippen LogP) is 10.5. The molecule has 0 amide bonds. The second-order valence-corrected chi connectivity index (χ2v) is 9.34. The van der Waals surface area contributed by atoms with E-state index in [1.165, 1.54) is 135 Å². The Morgan fingerprint density at radius 1 is 0.370 bits per heavy atom. The fraction of sp³-hybridized carbons (Fsp3) is 1.00. The van der Waals surface area contributed by atoms with Gasteiger partial charge in [0.2, 0.25) is 0 Å². The molecule has 1 atom stereocenters. The Balaban J connectivity index is 4.11. The summed E-state index contributed by atoms with van der Waals surface area (Å²) in [7, 11) is 0. The van der Waals surface area contributed by atoms with Gasteiger partial charge in [-0.3, -0.25) is 0 Å².